The van der Waals surface area contributed by atoms with E-state index in [1.807, 2.05) is 4.39 Å². The molecule has 0 aliphatic carbocycles. The minimum Gasteiger partial charge on any atom is -1.00 e. The summed E-state index contributed by atoms with van der Waals surface area (Å²) in [5, 5.41) is 0. The minimum atomic E-state index is -5.24. The maximum absolute atomic E-state index is 10.9. The van der Waals surface area contributed by atoms with Crippen LogP contribution in [0.1, 0.15) is 2.85 Å². The van der Waals surface area contributed by atoms with Crippen molar-refractivity contribution in [2.75, 3.05) is 0 Å². The van der Waals surface area contributed by atoms with E-state index in [-0.39, 0.29) is 25.9 Å². The van der Waals surface area contributed by atoms with Crippen LogP contribution in [0, 0.1) is 0 Å². The molecule has 9 heavy (non-hydrogen) atoms. The Morgan fingerprint density at radius 1 is 1.44 bits per heavy atom. The third-order valence-electron chi connectivity index (χ3n) is 0.306. The Hall–Kier alpha value is 0.466. The summed E-state index contributed by atoms with van der Waals surface area (Å²) in [4.78, 5) is 0. The first-order valence-corrected chi connectivity index (χ1v) is 2.80. The van der Waals surface area contributed by atoms with Gasteiger partial charge in [-0.15, -0.1) is 0 Å². The number of hydrogen-bond acceptors (Lipinski definition) is 3. The zero-order chi connectivity index (χ0) is 6.78. The van der Waals surface area contributed by atoms with Gasteiger partial charge in [-0.25, -0.2) is 0 Å². The molecular formula is CH3F3MgO3S. The molecule has 0 amide bonds. The standard InChI is InChI=1S/CHF3O3S.Mg.2H/c2-1(3)8(5,6)7-4;;;/h1H;;;/q;+2;2*-1. The minimum absolute atomic E-state index is 0. The van der Waals surface area contributed by atoms with Crippen LogP contribution in [0.5, 0.6) is 0 Å². The summed E-state index contributed by atoms with van der Waals surface area (Å²) in [6, 6.07) is 0. The molecule has 8 heteroatoms. The van der Waals surface area contributed by atoms with E-state index < -0.39 is 15.9 Å². The van der Waals surface area contributed by atoms with E-state index in [1.165, 1.54) is 0 Å². The Morgan fingerprint density at radius 3 is 1.78 bits per heavy atom. The summed E-state index contributed by atoms with van der Waals surface area (Å²) < 4.78 is 52.8. The van der Waals surface area contributed by atoms with E-state index in [1.54, 1.807) is 0 Å². The molecular weight excluding hydrogens is 173 g/mol. The smallest absolute Gasteiger partial charge is 1.00 e. The summed E-state index contributed by atoms with van der Waals surface area (Å²) in [5.41, 5.74) is 0. The van der Waals surface area contributed by atoms with Crippen LogP contribution in [-0.2, 0) is 14.5 Å². The number of alkyl halides is 2. The van der Waals surface area contributed by atoms with Gasteiger partial charge in [-0.3, -0.25) is 0 Å². The van der Waals surface area contributed by atoms with E-state index in [4.69, 9.17) is 0 Å². The second-order valence-corrected chi connectivity index (χ2v) is 2.28. The molecule has 0 saturated carbocycles. The van der Waals surface area contributed by atoms with Crippen molar-refractivity contribution < 1.29 is 29.0 Å². The largest absolute Gasteiger partial charge is 2.00 e. The molecule has 3 nitrogen and oxygen atoms in total. The first-order chi connectivity index (χ1) is 3.50. The van der Waals surface area contributed by atoms with Crippen molar-refractivity contribution in [3.05, 3.63) is 0 Å². The zero-order valence-electron chi connectivity index (χ0n) is 6.05. The number of hydrogen-bond donors (Lipinski definition) is 0. The van der Waals surface area contributed by atoms with Crippen LogP contribution in [-0.4, -0.2) is 37.2 Å². The Morgan fingerprint density at radius 2 is 1.78 bits per heavy atom. The molecule has 0 saturated heterocycles. The van der Waals surface area contributed by atoms with Crippen molar-refractivity contribution in [1.82, 2.24) is 0 Å². The van der Waals surface area contributed by atoms with Crippen molar-refractivity contribution in [2.24, 2.45) is 0 Å². The van der Waals surface area contributed by atoms with Gasteiger partial charge >= 0.3 is 38.9 Å². The molecule has 0 aromatic carbocycles. The van der Waals surface area contributed by atoms with Gasteiger partial charge in [0.1, 0.15) is 0 Å². The SMILES string of the molecule is O=S(=O)(OF)C(F)F.[H-].[H-].[Mg+2]. The molecule has 0 aliphatic heterocycles. The quantitative estimate of drug-likeness (QED) is 0.568. The molecule has 0 spiro atoms. The van der Waals surface area contributed by atoms with Crippen LogP contribution < -0.4 is 0 Å². The fourth-order valence-electron chi connectivity index (χ4n) is 0.0275. The Balaban J connectivity index is -0.0000000817. The third kappa shape index (κ3) is 3.95. The number of halogens is 3. The summed E-state index contributed by atoms with van der Waals surface area (Å²) >= 11 is 0. The molecule has 0 unspecified atom stereocenters. The fourth-order valence-corrected chi connectivity index (χ4v) is 0.0825. The van der Waals surface area contributed by atoms with Crippen LogP contribution >= 0.6 is 0 Å². The van der Waals surface area contributed by atoms with Gasteiger partial charge in [0, 0.05) is 0 Å². The molecule has 0 aromatic heterocycles. The maximum atomic E-state index is 10.9. The predicted octanol–water partition coefficient (Wildman–Crippen LogP) is 0.284. The molecule has 0 aromatic rings. The van der Waals surface area contributed by atoms with Gasteiger partial charge < -0.3 is 2.85 Å². The van der Waals surface area contributed by atoms with Crippen LogP contribution in [0.25, 0.3) is 0 Å². The summed E-state index contributed by atoms with van der Waals surface area (Å²) in [5.74, 6) is -3.81. The fraction of sp³-hybridized carbons (Fsp3) is 1.00. The van der Waals surface area contributed by atoms with Gasteiger partial charge in [0.2, 0.25) is 0 Å². The molecule has 54 valence electrons. The summed E-state index contributed by atoms with van der Waals surface area (Å²) in [6.45, 7) is 0. The van der Waals surface area contributed by atoms with Crippen LogP contribution in [0.3, 0.4) is 0 Å². The zero-order valence-corrected chi connectivity index (χ0v) is 6.28. The van der Waals surface area contributed by atoms with Crippen molar-refractivity contribution in [1.29, 1.82) is 0 Å². The monoisotopic (exact) mass is 176 g/mol. The molecule has 0 heterocycles. The average Bonchev–Trinajstić information content (AvgIpc) is 1.67. The van der Waals surface area contributed by atoms with E-state index in [0.717, 1.165) is 0 Å². The average molecular weight is 176 g/mol. The van der Waals surface area contributed by atoms with Gasteiger partial charge in [-0.1, -0.05) is 4.39 Å². The van der Waals surface area contributed by atoms with Crippen molar-refractivity contribution >= 4 is 33.2 Å². The second-order valence-electron chi connectivity index (χ2n) is 0.816. The molecule has 0 rings (SSSR count). The van der Waals surface area contributed by atoms with E-state index in [0.29, 0.717) is 0 Å². The van der Waals surface area contributed by atoms with E-state index in [2.05, 4.69) is 0 Å². The predicted molar refractivity (Wildman–Crippen MR) is 25.1 cm³/mol. The van der Waals surface area contributed by atoms with Gasteiger partial charge in [0.25, 0.3) is 0 Å². The van der Waals surface area contributed by atoms with Gasteiger partial charge in [0.05, 0.1) is 0 Å². The Bertz CT molecular complexity index is 160. The molecule has 0 atom stereocenters. The maximum Gasteiger partial charge on any atom is 2.00 e. The van der Waals surface area contributed by atoms with Crippen molar-refractivity contribution in [3.63, 3.8) is 0 Å². The molecule has 0 radical (unpaired) electrons. The van der Waals surface area contributed by atoms with Gasteiger partial charge in [0.15, 0.2) is 0 Å². The first-order valence-electron chi connectivity index (χ1n) is 1.33. The molecule has 0 aliphatic rings. The Labute approximate surface area is 68.3 Å². The molecule has 0 fully saturated rings. The van der Waals surface area contributed by atoms with Crippen LogP contribution in [0.15, 0.2) is 0 Å². The normalized spacial score (nSPS) is 11.1. The van der Waals surface area contributed by atoms with Gasteiger partial charge in [-0.05, 0) is 4.53 Å². The molecule has 0 N–H and O–H groups in total. The third-order valence-corrected chi connectivity index (χ3v) is 0.918. The first kappa shape index (κ1) is 12.2. The van der Waals surface area contributed by atoms with Crippen LogP contribution in [0.4, 0.5) is 13.3 Å². The summed E-state index contributed by atoms with van der Waals surface area (Å²) in [6.07, 6.45) is 0. The van der Waals surface area contributed by atoms with Crippen LogP contribution in [0.2, 0.25) is 0 Å². The van der Waals surface area contributed by atoms with Crippen molar-refractivity contribution in [3.8, 4) is 0 Å². The Kier molecular flexibility index (Phi) is 5.83. The van der Waals surface area contributed by atoms with E-state index in [9.17, 15) is 21.7 Å². The molecule has 0 bridgehead atoms. The summed E-state index contributed by atoms with van der Waals surface area (Å²) in [7, 11) is -5.24. The van der Waals surface area contributed by atoms with Crippen molar-refractivity contribution in [2.45, 2.75) is 5.76 Å². The topological polar surface area (TPSA) is 43.4 Å². The van der Waals surface area contributed by atoms with Gasteiger partial charge in [-0.2, -0.15) is 17.2 Å². The number of rotatable bonds is 2. The van der Waals surface area contributed by atoms with E-state index >= 15 is 0 Å². The second kappa shape index (κ2) is 4.31.